The third-order valence-corrected chi connectivity index (χ3v) is 5.47. The normalized spacial score (nSPS) is 19.1. The Morgan fingerprint density at radius 3 is 2.75 bits per heavy atom. The molecule has 1 heterocycles. The first kappa shape index (κ1) is 20.6. The van der Waals surface area contributed by atoms with Crippen LogP contribution in [0.2, 0.25) is 0 Å². The highest BCUT2D eigenvalue weighted by molar-refractivity contribution is 5.97. The fraction of sp³-hybridized carbons (Fsp3) is 0.579. The van der Waals surface area contributed by atoms with Gasteiger partial charge in [-0.25, -0.2) is 8.78 Å². The molecule has 1 atom stereocenters. The number of halogens is 2. The van der Waals surface area contributed by atoms with Gasteiger partial charge in [0.1, 0.15) is 12.6 Å². The van der Waals surface area contributed by atoms with Gasteiger partial charge < -0.3 is 20.7 Å². The maximum atomic E-state index is 13.6. The number of hydrogen-bond donors (Lipinski definition) is 2. The van der Waals surface area contributed by atoms with Crippen LogP contribution < -0.4 is 16.0 Å². The van der Waals surface area contributed by atoms with Crippen LogP contribution in [0.5, 0.6) is 0 Å². The van der Waals surface area contributed by atoms with E-state index in [4.69, 9.17) is 10.5 Å². The van der Waals surface area contributed by atoms with Crippen molar-refractivity contribution in [2.24, 2.45) is 5.73 Å². The second kappa shape index (κ2) is 8.93. The molecule has 1 saturated carbocycles. The lowest BCUT2D eigenvalue weighted by Gasteiger charge is -2.38. The molecule has 3 N–H and O–H groups in total. The third-order valence-electron chi connectivity index (χ3n) is 5.47. The van der Waals surface area contributed by atoms with E-state index in [2.05, 4.69) is 5.32 Å². The minimum atomic E-state index is -2.79. The van der Waals surface area contributed by atoms with E-state index < -0.39 is 12.5 Å². The number of ether oxygens (including phenoxy) is 1. The third kappa shape index (κ3) is 4.31. The maximum absolute atomic E-state index is 13.6. The van der Waals surface area contributed by atoms with Gasteiger partial charge in [-0.05, 0) is 38.1 Å². The molecule has 154 valence electrons. The second-order valence-electron chi connectivity index (χ2n) is 7.16. The van der Waals surface area contributed by atoms with E-state index in [0.29, 0.717) is 12.6 Å². The van der Waals surface area contributed by atoms with Crippen LogP contribution in [0.25, 0.3) is 0 Å². The zero-order chi connectivity index (χ0) is 20.3. The van der Waals surface area contributed by atoms with Crippen LogP contribution >= 0.6 is 0 Å². The van der Waals surface area contributed by atoms with E-state index in [9.17, 15) is 18.4 Å². The van der Waals surface area contributed by atoms with Gasteiger partial charge in [-0.3, -0.25) is 14.5 Å². The fourth-order valence-corrected chi connectivity index (χ4v) is 3.56. The Bertz CT molecular complexity index is 727. The van der Waals surface area contributed by atoms with Crippen molar-refractivity contribution in [1.82, 2.24) is 4.90 Å². The molecule has 2 amide bonds. The summed E-state index contributed by atoms with van der Waals surface area (Å²) in [6, 6.07) is 3.98. The number of carbonyl (C=O) groups is 2. The highest BCUT2D eigenvalue weighted by Crippen LogP contribution is 2.33. The van der Waals surface area contributed by atoms with Crippen LogP contribution in [0.4, 0.5) is 20.2 Å². The van der Waals surface area contributed by atoms with Crippen LogP contribution in [0.1, 0.15) is 31.3 Å². The number of anilines is 2. The minimum absolute atomic E-state index is 0.132. The monoisotopic (exact) mass is 396 g/mol. The van der Waals surface area contributed by atoms with Crippen LogP contribution in [-0.4, -0.2) is 62.1 Å². The average molecular weight is 396 g/mol. The first-order valence-electron chi connectivity index (χ1n) is 9.45. The summed E-state index contributed by atoms with van der Waals surface area (Å²) >= 11 is 0. The molecule has 0 bridgehead atoms. The van der Waals surface area contributed by atoms with Crippen molar-refractivity contribution in [2.75, 3.05) is 43.6 Å². The van der Waals surface area contributed by atoms with Crippen molar-refractivity contribution in [3.63, 3.8) is 0 Å². The van der Waals surface area contributed by atoms with Crippen molar-refractivity contribution in [1.29, 1.82) is 0 Å². The summed E-state index contributed by atoms with van der Waals surface area (Å²) in [5.41, 5.74) is 5.88. The van der Waals surface area contributed by atoms with Gasteiger partial charge in [-0.2, -0.15) is 0 Å². The van der Waals surface area contributed by atoms with E-state index >= 15 is 0 Å². The van der Waals surface area contributed by atoms with Gasteiger partial charge >= 0.3 is 0 Å². The van der Waals surface area contributed by atoms with Crippen molar-refractivity contribution >= 4 is 23.2 Å². The summed E-state index contributed by atoms with van der Waals surface area (Å²) in [6.45, 7) is 0.512. The molecule has 2 aliphatic rings. The van der Waals surface area contributed by atoms with Gasteiger partial charge in [-0.15, -0.1) is 0 Å². The molecule has 1 aromatic rings. The van der Waals surface area contributed by atoms with E-state index in [-0.39, 0.29) is 48.4 Å². The Morgan fingerprint density at radius 2 is 2.18 bits per heavy atom. The number of nitrogens with zero attached hydrogens (tertiary/aromatic N) is 2. The lowest BCUT2D eigenvalue weighted by atomic mass is 9.90. The number of carbonyl (C=O) groups excluding carboxylic acids is 2. The number of hydrogen-bond acceptors (Lipinski definition) is 5. The Morgan fingerprint density at radius 1 is 1.43 bits per heavy atom. The van der Waals surface area contributed by atoms with E-state index in [0.717, 1.165) is 19.3 Å². The SMILES string of the molecule is CN(C1CCC1)[C@@H](CN)C(=O)Nc1ccc(N2CCOCC2=O)c(C(F)F)c1. The quantitative estimate of drug-likeness (QED) is 0.733. The summed E-state index contributed by atoms with van der Waals surface area (Å²) in [5.74, 6) is -0.692. The van der Waals surface area contributed by atoms with Crippen molar-refractivity contribution in [3.8, 4) is 0 Å². The van der Waals surface area contributed by atoms with Gasteiger partial charge in [-0.1, -0.05) is 6.42 Å². The molecule has 2 fully saturated rings. The smallest absolute Gasteiger partial charge is 0.265 e. The number of rotatable bonds is 7. The summed E-state index contributed by atoms with van der Waals surface area (Å²) in [4.78, 5) is 27.9. The largest absolute Gasteiger partial charge is 0.370 e. The van der Waals surface area contributed by atoms with E-state index in [1.165, 1.54) is 23.1 Å². The van der Waals surface area contributed by atoms with Gasteiger partial charge in [0.2, 0.25) is 5.91 Å². The Kier molecular flexibility index (Phi) is 6.58. The zero-order valence-corrected chi connectivity index (χ0v) is 15.9. The molecule has 0 spiro atoms. The maximum Gasteiger partial charge on any atom is 0.265 e. The topological polar surface area (TPSA) is 87.9 Å². The second-order valence-corrected chi connectivity index (χ2v) is 7.16. The summed E-state index contributed by atoms with van der Waals surface area (Å²) in [5, 5.41) is 2.69. The molecule has 1 aliphatic carbocycles. The number of alkyl halides is 2. The van der Waals surface area contributed by atoms with Crippen LogP contribution in [0.15, 0.2) is 18.2 Å². The predicted molar refractivity (Wildman–Crippen MR) is 101 cm³/mol. The number of nitrogens with one attached hydrogen (secondary N) is 1. The standard InChI is InChI=1S/C19H26F2N4O3/c1-24(13-3-2-4-13)16(10-22)19(27)23-12-5-6-15(14(9-12)18(20)21)25-7-8-28-11-17(25)26/h5-6,9,13,16,18H,2-4,7-8,10-11,22H2,1H3,(H,23,27)/t16-/m0/s1. The van der Waals surface area contributed by atoms with Crippen molar-refractivity contribution in [2.45, 2.75) is 37.8 Å². The molecule has 7 nitrogen and oxygen atoms in total. The lowest BCUT2D eigenvalue weighted by Crippen LogP contribution is -2.52. The van der Waals surface area contributed by atoms with Crippen LogP contribution in [-0.2, 0) is 14.3 Å². The zero-order valence-electron chi connectivity index (χ0n) is 15.9. The summed E-state index contributed by atoms with van der Waals surface area (Å²) in [6.07, 6.45) is 0.397. The van der Waals surface area contributed by atoms with E-state index in [1.807, 2.05) is 11.9 Å². The van der Waals surface area contributed by atoms with Crippen LogP contribution in [0, 0.1) is 0 Å². The number of nitrogens with two attached hydrogens (primary N) is 1. The Balaban J connectivity index is 1.77. The molecule has 28 heavy (non-hydrogen) atoms. The van der Waals surface area contributed by atoms with Crippen LogP contribution in [0.3, 0.4) is 0 Å². The van der Waals surface area contributed by atoms with E-state index in [1.54, 1.807) is 0 Å². The molecule has 0 radical (unpaired) electrons. The summed E-state index contributed by atoms with van der Waals surface area (Å²) < 4.78 is 32.3. The molecule has 1 aliphatic heterocycles. The van der Waals surface area contributed by atoms with Crippen molar-refractivity contribution in [3.05, 3.63) is 23.8 Å². The highest BCUT2D eigenvalue weighted by atomic mass is 19.3. The molecular weight excluding hydrogens is 370 g/mol. The molecule has 0 aromatic heterocycles. The number of morpholine rings is 1. The molecule has 3 rings (SSSR count). The molecule has 1 saturated heterocycles. The Hall–Kier alpha value is -2.10. The highest BCUT2D eigenvalue weighted by Gasteiger charge is 2.31. The summed E-state index contributed by atoms with van der Waals surface area (Å²) in [7, 11) is 1.86. The first-order valence-corrected chi connectivity index (χ1v) is 9.45. The lowest BCUT2D eigenvalue weighted by molar-refractivity contribution is -0.125. The first-order chi connectivity index (χ1) is 13.4. The average Bonchev–Trinajstić information content (AvgIpc) is 2.61. The molecule has 0 unspecified atom stereocenters. The number of benzene rings is 1. The number of likely N-dealkylation sites (N-methyl/N-ethyl adjacent to an activating group) is 1. The van der Waals surface area contributed by atoms with Crippen molar-refractivity contribution < 1.29 is 23.1 Å². The fourth-order valence-electron chi connectivity index (χ4n) is 3.56. The van der Waals surface area contributed by atoms with Gasteiger partial charge in [0.05, 0.1) is 12.3 Å². The van der Waals surface area contributed by atoms with Gasteiger partial charge in [0, 0.05) is 30.4 Å². The molecular formula is C19H26F2N4O3. The predicted octanol–water partition coefficient (Wildman–Crippen LogP) is 1.74. The molecule has 9 heteroatoms. The van der Waals surface area contributed by atoms with Gasteiger partial charge in [0.25, 0.3) is 12.3 Å². The Labute approximate surface area is 162 Å². The molecule has 1 aromatic carbocycles. The van der Waals surface area contributed by atoms with Gasteiger partial charge in [0.15, 0.2) is 0 Å². The number of amides is 2. The minimum Gasteiger partial charge on any atom is -0.370 e.